The fraction of sp³-hybridized carbons (Fsp3) is 0.130. The smallest absolute Gasteiger partial charge is 0.259 e. The van der Waals surface area contributed by atoms with Crippen LogP contribution in [0.1, 0.15) is 16.7 Å². The molecule has 0 fully saturated rings. The molecule has 6 heteroatoms. The molecule has 0 heterocycles. The van der Waals surface area contributed by atoms with Gasteiger partial charge in [-0.3, -0.25) is 4.79 Å². The number of hydrazone groups is 1. The standard InChI is InChI=1S/C23H22IN3O2/c1-17-13-20(11-12-21(17)24)25-15-23(28)27-26-14-19-9-5-6-10-22(19)29-16-18-7-3-2-4-8-18/h2-14,25H,15-16H2,1H3,(H,27,28)/b26-14+. The molecule has 0 aliphatic heterocycles. The molecular weight excluding hydrogens is 477 g/mol. The Labute approximate surface area is 184 Å². The lowest BCUT2D eigenvalue weighted by atomic mass is 10.2. The molecule has 0 saturated heterocycles. The Morgan fingerprint density at radius 1 is 1.07 bits per heavy atom. The number of nitrogens with one attached hydrogen (secondary N) is 2. The molecule has 0 unspecified atom stereocenters. The zero-order valence-electron chi connectivity index (χ0n) is 16.1. The Morgan fingerprint density at radius 2 is 1.83 bits per heavy atom. The molecule has 0 radical (unpaired) electrons. The van der Waals surface area contributed by atoms with Crippen LogP contribution in [0.25, 0.3) is 0 Å². The van der Waals surface area contributed by atoms with Gasteiger partial charge in [0.2, 0.25) is 0 Å². The number of benzene rings is 3. The van der Waals surface area contributed by atoms with Crippen LogP contribution in [-0.4, -0.2) is 18.7 Å². The quantitative estimate of drug-likeness (QED) is 0.268. The van der Waals surface area contributed by atoms with Crippen LogP contribution >= 0.6 is 22.6 Å². The molecule has 0 aromatic heterocycles. The molecule has 0 aliphatic rings. The van der Waals surface area contributed by atoms with Crippen LogP contribution < -0.4 is 15.5 Å². The maximum absolute atomic E-state index is 12.0. The lowest BCUT2D eigenvalue weighted by Crippen LogP contribution is -2.25. The number of aryl methyl sites for hydroxylation is 1. The minimum atomic E-state index is -0.222. The number of ether oxygens (including phenoxy) is 1. The molecule has 0 spiro atoms. The molecule has 3 aromatic rings. The molecule has 0 aliphatic carbocycles. The lowest BCUT2D eigenvalue weighted by Gasteiger charge is -2.09. The highest BCUT2D eigenvalue weighted by atomic mass is 127. The molecule has 29 heavy (non-hydrogen) atoms. The number of halogens is 1. The maximum Gasteiger partial charge on any atom is 0.259 e. The van der Waals surface area contributed by atoms with E-state index in [0.29, 0.717) is 12.4 Å². The fourth-order valence-corrected chi connectivity index (χ4v) is 2.94. The first-order valence-corrected chi connectivity index (χ1v) is 10.3. The first kappa shape index (κ1) is 20.9. The number of para-hydroxylation sites is 1. The Morgan fingerprint density at radius 3 is 2.62 bits per heavy atom. The highest BCUT2D eigenvalue weighted by Crippen LogP contribution is 2.18. The molecule has 5 nitrogen and oxygen atoms in total. The lowest BCUT2D eigenvalue weighted by molar-refractivity contribution is -0.119. The van der Waals surface area contributed by atoms with Crippen molar-refractivity contribution >= 4 is 40.4 Å². The van der Waals surface area contributed by atoms with Gasteiger partial charge < -0.3 is 10.1 Å². The van der Waals surface area contributed by atoms with Gasteiger partial charge in [-0.1, -0.05) is 42.5 Å². The van der Waals surface area contributed by atoms with Crippen LogP contribution in [0.15, 0.2) is 77.9 Å². The molecular formula is C23H22IN3O2. The average molecular weight is 499 g/mol. The molecule has 2 N–H and O–H groups in total. The van der Waals surface area contributed by atoms with Gasteiger partial charge in [-0.25, -0.2) is 5.43 Å². The molecule has 0 atom stereocenters. The topological polar surface area (TPSA) is 62.7 Å². The van der Waals surface area contributed by atoms with E-state index in [9.17, 15) is 4.79 Å². The predicted molar refractivity (Wildman–Crippen MR) is 125 cm³/mol. The zero-order chi connectivity index (χ0) is 20.5. The molecule has 0 saturated carbocycles. The molecule has 3 rings (SSSR count). The van der Waals surface area contributed by atoms with Crippen molar-refractivity contribution < 1.29 is 9.53 Å². The van der Waals surface area contributed by atoms with Gasteiger partial charge >= 0.3 is 0 Å². The first-order valence-electron chi connectivity index (χ1n) is 9.19. The van der Waals surface area contributed by atoms with Crippen molar-refractivity contribution in [3.8, 4) is 5.75 Å². The molecule has 1 amide bonds. The van der Waals surface area contributed by atoms with Crippen LogP contribution in [0.4, 0.5) is 5.69 Å². The van der Waals surface area contributed by atoms with Crippen LogP contribution in [0.5, 0.6) is 5.75 Å². The third-order valence-electron chi connectivity index (χ3n) is 4.16. The van der Waals surface area contributed by atoms with Crippen LogP contribution in [0, 0.1) is 10.5 Å². The number of rotatable bonds is 8. The van der Waals surface area contributed by atoms with Gasteiger partial charge in [0.15, 0.2) is 0 Å². The normalized spacial score (nSPS) is 10.7. The van der Waals surface area contributed by atoms with E-state index in [1.165, 1.54) is 9.13 Å². The highest BCUT2D eigenvalue weighted by molar-refractivity contribution is 14.1. The highest BCUT2D eigenvalue weighted by Gasteiger charge is 2.03. The van der Waals surface area contributed by atoms with Crippen molar-refractivity contribution in [2.24, 2.45) is 5.10 Å². The third-order valence-corrected chi connectivity index (χ3v) is 5.37. The number of nitrogens with zero attached hydrogens (tertiary/aromatic N) is 1. The average Bonchev–Trinajstić information content (AvgIpc) is 2.74. The largest absolute Gasteiger partial charge is 0.488 e. The Kier molecular flexibility index (Phi) is 7.63. The van der Waals surface area contributed by atoms with Gasteiger partial charge in [-0.05, 0) is 71.0 Å². The van der Waals surface area contributed by atoms with Crippen LogP contribution in [0.3, 0.4) is 0 Å². The second kappa shape index (κ2) is 10.6. The first-order chi connectivity index (χ1) is 14.1. The van der Waals surface area contributed by atoms with E-state index in [4.69, 9.17) is 4.74 Å². The summed E-state index contributed by atoms with van der Waals surface area (Å²) in [6, 6.07) is 23.5. The van der Waals surface area contributed by atoms with E-state index in [-0.39, 0.29) is 12.5 Å². The summed E-state index contributed by atoms with van der Waals surface area (Å²) in [7, 11) is 0. The number of amides is 1. The zero-order valence-corrected chi connectivity index (χ0v) is 18.2. The summed E-state index contributed by atoms with van der Waals surface area (Å²) in [5.41, 5.74) is 6.50. The molecule has 0 bridgehead atoms. The van der Waals surface area contributed by atoms with Crippen molar-refractivity contribution in [3.63, 3.8) is 0 Å². The molecule has 148 valence electrons. The predicted octanol–water partition coefficient (Wildman–Crippen LogP) is 4.74. The van der Waals surface area contributed by atoms with Crippen molar-refractivity contribution in [2.45, 2.75) is 13.5 Å². The van der Waals surface area contributed by atoms with Crippen molar-refractivity contribution in [1.82, 2.24) is 5.43 Å². The second-order valence-corrected chi connectivity index (χ2v) is 7.58. The second-order valence-electron chi connectivity index (χ2n) is 6.42. The van der Waals surface area contributed by atoms with E-state index < -0.39 is 0 Å². The Hall–Kier alpha value is -2.87. The molecule has 3 aromatic carbocycles. The van der Waals surface area contributed by atoms with Gasteiger partial charge in [-0.2, -0.15) is 5.10 Å². The van der Waals surface area contributed by atoms with Gasteiger partial charge in [0, 0.05) is 14.8 Å². The third kappa shape index (κ3) is 6.60. The van der Waals surface area contributed by atoms with Crippen molar-refractivity contribution in [1.29, 1.82) is 0 Å². The van der Waals surface area contributed by atoms with Gasteiger partial charge in [0.1, 0.15) is 12.4 Å². The van der Waals surface area contributed by atoms with Gasteiger partial charge in [0.25, 0.3) is 5.91 Å². The van der Waals surface area contributed by atoms with E-state index in [2.05, 4.69) is 38.4 Å². The van der Waals surface area contributed by atoms with Crippen molar-refractivity contribution in [3.05, 3.63) is 93.1 Å². The van der Waals surface area contributed by atoms with Crippen LogP contribution in [0.2, 0.25) is 0 Å². The maximum atomic E-state index is 12.0. The van der Waals surface area contributed by atoms with E-state index in [1.807, 2.05) is 79.7 Å². The van der Waals surface area contributed by atoms with E-state index >= 15 is 0 Å². The number of carbonyl (C=O) groups excluding carboxylic acids is 1. The number of hydrogen-bond acceptors (Lipinski definition) is 4. The summed E-state index contributed by atoms with van der Waals surface area (Å²) in [6.45, 7) is 2.65. The fourth-order valence-electron chi connectivity index (χ4n) is 2.60. The van der Waals surface area contributed by atoms with Crippen molar-refractivity contribution in [2.75, 3.05) is 11.9 Å². The number of carbonyl (C=O) groups is 1. The number of anilines is 1. The van der Waals surface area contributed by atoms with Gasteiger partial charge in [-0.15, -0.1) is 0 Å². The van der Waals surface area contributed by atoms with E-state index in [0.717, 1.165) is 16.8 Å². The Bertz CT molecular complexity index is 990. The Balaban J connectivity index is 1.51. The summed E-state index contributed by atoms with van der Waals surface area (Å²) in [6.07, 6.45) is 1.59. The summed E-state index contributed by atoms with van der Waals surface area (Å²) in [4.78, 5) is 12.0. The van der Waals surface area contributed by atoms with Gasteiger partial charge in [0.05, 0.1) is 12.8 Å². The summed E-state index contributed by atoms with van der Waals surface area (Å²) in [5.74, 6) is 0.488. The summed E-state index contributed by atoms with van der Waals surface area (Å²) < 4.78 is 7.08. The monoisotopic (exact) mass is 499 g/mol. The number of hydrogen-bond donors (Lipinski definition) is 2. The summed E-state index contributed by atoms with van der Waals surface area (Å²) >= 11 is 2.28. The van der Waals surface area contributed by atoms with E-state index in [1.54, 1.807) is 6.21 Å². The SMILES string of the molecule is Cc1cc(NCC(=O)N/N=C/c2ccccc2OCc2ccccc2)ccc1I. The minimum Gasteiger partial charge on any atom is -0.488 e. The minimum absolute atomic E-state index is 0.142. The summed E-state index contributed by atoms with van der Waals surface area (Å²) in [5, 5.41) is 7.15. The van der Waals surface area contributed by atoms with Crippen LogP contribution in [-0.2, 0) is 11.4 Å².